The zero-order valence-corrected chi connectivity index (χ0v) is 16.7. The topological polar surface area (TPSA) is 73.9 Å². The van der Waals surface area contributed by atoms with Gasteiger partial charge in [0.25, 0.3) is 0 Å². The molecule has 1 rings (SSSR count). The highest BCUT2D eigenvalue weighted by Crippen LogP contribution is 2.34. The Hall–Kier alpha value is -2.34. The molecule has 0 amide bonds. The highest BCUT2D eigenvalue weighted by Gasteiger charge is 2.38. The molecule has 6 heteroatoms. The maximum absolute atomic E-state index is 12.7. The van der Waals surface area contributed by atoms with Gasteiger partial charge in [0.05, 0.1) is 7.11 Å². The molecule has 0 bridgehead atoms. The van der Waals surface area contributed by atoms with Gasteiger partial charge >= 0.3 is 11.9 Å². The lowest BCUT2D eigenvalue weighted by atomic mass is 9.81. The summed E-state index contributed by atoms with van der Waals surface area (Å²) < 4.78 is 16.0. The fourth-order valence-corrected chi connectivity index (χ4v) is 2.53. The molecule has 1 aromatic carbocycles. The Morgan fingerprint density at radius 1 is 1.12 bits per heavy atom. The monoisotopic (exact) mass is 363 g/mol. The Morgan fingerprint density at radius 3 is 2.19 bits per heavy atom. The van der Waals surface area contributed by atoms with Crippen molar-refractivity contribution in [3.8, 4) is 17.2 Å². The Bertz CT molecular complexity index is 690. The lowest BCUT2D eigenvalue weighted by molar-refractivity contribution is -0.142. The van der Waals surface area contributed by atoms with Crippen molar-refractivity contribution in [2.75, 3.05) is 14.2 Å². The Morgan fingerprint density at radius 2 is 1.73 bits per heavy atom. The lowest BCUT2D eigenvalue weighted by Crippen LogP contribution is -2.52. The molecule has 26 heavy (non-hydrogen) atoms. The molecule has 0 radical (unpaired) electrons. The van der Waals surface area contributed by atoms with Gasteiger partial charge in [0.2, 0.25) is 0 Å². The fraction of sp³-hybridized carbons (Fsp3) is 0.500. The minimum absolute atomic E-state index is 0.0680. The van der Waals surface area contributed by atoms with E-state index < -0.39 is 17.5 Å². The van der Waals surface area contributed by atoms with Crippen LogP contribution in [0.3, 0.4) is 0 Å². The van der Waals surface area contributed by atoms with E-state index in [9.17, 15) is 9.59 Å². The Balaban J connectivity index is 3.03. The van der Waals surface area contributed by atoms with Gasteiger partial charge in [-0.05, 0) is 44.9 Å². The highest BCUT2D eigenvalue weighted by molar-refractivity contribution is 5.89. The summed E-state index contributed by atoms with van der Waals surface area (Å²) in [6.45, 7) is 13.1. The molecule has 144 valence electrons. The van der Waals surface area contributed by atoms with E-state index in [0.717, 1.165) is 0 Å². The van der Waals surface area contributed by atoms with Crippen molar-refractivity contribution in [3.63, 3.8) is 0 Å². The summed E-state index contributed by atoms with van der Waals surface area (Å²) in [6, 6.07) is 4.56. The quantitative estimate of drug-likeness (QED) is 0.454. The van der Waals surface area contributed by atoms with Crippen LogP contribution in [0, 0.1) is 5.41 Å². The van der Waals surface area contributed by atoms with E-state index in [2.05, 4.69) is 32.7 Å². The standard InChI is InChI=1S/C20H29NO5/c1-13(2)17(22)25-14-9-10-15(16(11-14)24-8)26-18(23)20(6,21-7)12-19(3,4)5/h9-11,21H,1,12H2,2-8H3. The van der Waals surface area contributed by atoms with Crippen molar-refractivity contribution in [3.05, 3.63) is 30.4 Å². The Kier molecular flexibility index (Phi) is 6.98. The molecule has 0 saturated carbocycles. The summed E-state index contributed by atoms with van der Waals surface area (Å²) in [6.07, 6.45) is 0.589. The average molecular weight is 363 g/mol. The minimum Gasteiger partial charge on any atom is -0.493 e. The number of benzene rings is 1. The third-order valence-electron chi connectivity index (χ3n) is 3.78. The van der Waals surface area contributed by atoms with Gasteiger partial charge in [0.15, 0.2) is 11.5 Å². The predicted molar refractivity (Wildman–Crippen MR) is 101 cm³/mol. The van der Waals surface area contributed by atoms with E-state index >= 15 is 0 Å². The second-order valence-electron chi connectivity index (χ2n) is 7.69. The maximum Gasteiger partial charge on any atom is 0.338 e. The second-order valence-corrected chi connectivity index (χ2v) is 7.69. The maximum atomic E-state index is 12.7. The molecule has 1 aromatic rings. The van der Waals surface area contributed by atoms with Gasteiger partial charge in [-0.25, -0.2) is 9.59 Å². The number of carbonyl (C=O) groups excluding carboxylic acids is 2. The zero-order valence-electron chi connectivity index (χ0n) is 16.7. The molecule has 6 nitrogen and oxygen atoms in total. The van der Waals surface area contributed by atoms with Crippen LogP contribution in [0.5, 0.6) is 17.2 Å². The van der Waals surface area contributed by atoms with Gasteiger partial charge in [0, 0.05) is 11.6 Å². The van der Waals surface area contributed by atoms with Gasteiger partial charge < -0.3 is 19.5 Å². The molecule has 1 unspecified atom stereocenters. The highest BCUT2D eigenvalue weighted by atomic mass is 16.6. The molecule has 1 N–H and O–H groups in total. The van der Waals surface area contributed by atoms with E-state index in [1.54, 1.807) is 20.9 Å². The van der Waals surface area contributed by atoms with Crippen LogP contribution in [-0.4, -0.2) is 31.6 Å². The molecule has 0 aliphatic heterocycles. The number of hydrogen-bond acceptors (Lipinski definition) is 6. The van der Waals surface area contributed by atoms with Gasteiger partial charge in [0.1, 0.15) is 11.3 Å². The SMILES string of the molecule is C=C(C)C(=O)Oc1ccc(OC(=O)C(C)(CC(C)(C)C)NC)c(OC)c1. The first-order valence-corrected chi connectivity index (χ1v) is 8.39. The molecule has 0 aliphatic rings. The van der Waals surface area contributed by atoms with E-state index in [0.29, 0.717) is 12.2 Å². The summed E-state index contributed by atoms with van der Waals surface area (Å²) in [4.78, 5) is 24.3. The van der Waals surface area contributed by atoms with Crippen LogP contribution in [0.15, 0.2) is 30.4 Å². The summed E-state index contributed by atoms with van der Waals surface area (Å²) in [5, 5.41) is 3.05. The smallest absolute Gasteiger partial charge is 0.338 e. The number of rotatable bonds is 7. The van der Waals surface area contributed by atoms with Crippen molar-refractivity contribution in [2.45, 2.75) is 46.6 Å². The van der Waals surface area contributed by atoms with Crippen LogP contribution in [-0.2, 0) is 9.59 Å². The lowest BCUT2D eigenvalue weighted by Gasteiger charge is -2.33. The number of ether oxygens (including phenoxy) is 3. The number of nitrogens with one attached hydrogen (secondary N) is 1. The van der Waals surface area contributed by atoms with Crippen molar-refractivity contribution in [1.82, 2.24) is 5.32 Å². The first kappa shape index (κ1) is 21.7. The predicted octanol–water partition coefficient (Wildman–Crippen LogP) is 3.50. The summed E-state index contributed by atoms with van der Waals surface area (Å²) in [5.41, 5.74) is -0.637. The van der Waals surface area contributed by atoms with E-state index in [-0.39, 0.29) is 22.5 Å². The zero-order chi connectivity index (χ0) is 20.1. The number of likely N-dealkylation sites (N-methyl/N-ethyl adjacent to an activating group) is 1. The molecule has 1 atom stereocenters. The molecule has 0 saturated heterocycles. The molecule has 0 fully saturated rings. The molecule has 0 heterocycles. The van der Waals surface area contributed by atoms with Crippen molar-refractivity contribution < 1.29 is 23.8 Å². The van der Waals surface area contributed by atoms with Crippen LogP contribution in [0.1, 0.15) is 41.0 Å². The molecule has 0 aromatic heterocycles. The average Bonchev–Trinajstić information content (AvgIpc) is 2.54. The van der Waals surface area contributed by atoms with Crippen molar-refractivity contribution in [2.24, 2.45) is 5.41 Å². The van der Waals surface area contributed by atoms with Gasteiger partial charge in [-0.15, -0.1) is 0 Å². The summed E-state index contributed by atoms with van der Waals surface area (Å²) >= 11 is 0. The second kappa shape index (κ2) is 8.36. The minimum atomic E-state index is -0.853. The number of carbonyl (C=O) groups is 2. The fourth-order valence-electron chi connectivity index (χ4n) is 2.53. The third-order valence-corrected chi connectivity index (χ3v) is 3.78. The number of esters is 2. The van der Waals surface area contributed by atoms with E-state index in [1.807, 2.05) is 0 Å². The normalized spacial score (nSPS) is 13.5. The molecule has 0 aliphatic carbocycles. The van der Waals surface area contributed by atoms with Crippen LogP contribution in [0.4, 0.5) is 0 Å². The third kappa shape index (κ3) is 5.88. The van der Waals surface area contributed by atoms with Crippen LogP contribution >= 0.6 is 0 Å². The van der Waals surface area contributed by atoms with E-state index in [4.69, 9.17) is 14.2 Å². The van der Waals surface area contributed by atoms with Crippen LogP contribution < -0.4 is 19.5 Å². The summed E-state index contributed by atoms with van der Waals surface area (Å²) in [5.74, 6) is -0.132. The van der Waals surface area contributed by atoms with Crippen molar-refractivity contribution >= 4 is 11.9 Å². The number of hydrogen-bond donors (Lipinski definition) is 1. The van der Waals surface area contributed by atoms with Crippen LogP contribution in [0.2, 0.25) is 0 Å². The van der Waals surface area contributed by atoms with Crippen LogP contribution in [0.25, 0.3) is 0 Å². The Labute approximate surface area is 155 Å². The molecule has 0 spiro atoms. The van der Waals surface area contributed by atoms with Crippen molar-refractivity contribution in [1.29, 1.82) is 0 Å². The van der Waals surface area contributed by atoms with E-state index in [1.165, 1.54) is 25.3 Å². The first-order valence-electron chi connectivity index (χ1n) is 8.39. The first-order chi connectivity index (χ1) is 11.9. The van der Waals surface area contributed by atoms with Gasteiger partial charge in [-0.1, -0.05) is 27.4 Å². The number of methoxy groups -OCH3 is 1. The molecular weight excluding hydrogens is 334 g/mol. The summed E-state index contributed by atoms with van der Waals surface area (Å²) in [7, 11) is 3.17. The largest absolute Gasteiger partial charge is 0.493 e. The molecular formula is C20H29NO5. The van der Waals surface area contributed by atoms with Gasteiger partial charge in [-0.3, -0.25) is 0 Å². The van der Waals surface area contributed by atoms with Gasteiger partial charge in [-0.2, -0.15) is 0 Å².